The highest BCUT2D eigenvalue weighted by atomic mass is 14.7. The van der Waals surface area contributed by atoms with Gasteiger partial charge in [0.1, 0.15) is 0 Å². The van der Waals surface area contributed by atoms with E-state index in [9.17, 15) is 0 Å². The van der Waals surface area contributed by atoms with Gasteiger partial charge in [0.05, 0.1) is 0 Å². The number of unbranched alkanes of at least 4 members (excludes halogenated alkanes) is 3. The van der Waals surface area contributed by atoms with Crippen molar-refractivity contribution in [1.82, 2.24) is 0 Å². The third kappa shape index (κ3) is 8.24. The van der Waals surface area contributed by atoms with Crippen molar-refractivity contribution in [3.8, 4) is 0 Å². The van der Waals surface area contributed by atoms with Crippen molar-refractivity contribution in [3.63, 3.8) is 0 Å². The molecule has 0 aromatic rings. The molecule has 0 aliphatic carbocycles. The van der Waals surface area contributed by atoms with Crippen LogP contribution in [0.25, 0.3) is 0 Å². The predicted molar refractivity (Wildman–Crippen MR) is 97.7 cm³/mol. The van der Waals surface area contributed by atoms with Crippen LogP contribution in [0.1, 0.15) is 112 Å². The second-order valence-electron chi connectivity index (χ2n) is 7.86. The van der Waals surface area contributed by atoms with Gasteiger partial charge in [-0.1, -0.05) is 73.1 Å². The Kier molecular flexibility index (Phi) is 10.6. The maximum absolute atomic E-state index is 6.56. The zero-order valence-electron chi connectivity index (χ0n) is 15.9. The summed E-state index contributed by atoms with van der Waals surface area (Å²) in [4.78, 5) is 0. The van der Waals surface area contributed by atoms with Crippen LogP contribution >= 0.6 is 0 Å². The number of hydrogen-bond donors (Lipinski definition) is 1. The molecule has 0 aromatic heterocycles. The summed E-state index contributed by atoms with van der Waals surface area (Å²) >= 11 is 0. The van der Waals surface area contributed by atoms with Crippen molar-refractivity contribution >= 4 is 0 Å². The summed E-state index contributed by atoms with van der Waals surface area (Å²) in [6.45, 7) is 14.0. The van der Waals surface area contributed by atoms with Gasteiger partial charge < -0.3 is 5.73 Å². The first-order valence-electron chi connectivity index (χ1n) is 9.64. The minimum absolute atomic E-state index is 0.0207. The van der Waals surface area contributed by atoms with Gasteiger partial charge in [0.15, 0.2) is 0 Å². The van der Waals surface area contributed by atoms with Crippen LogP contribution in [-0.4, -0.2) is 5.54 Å². The van der Waals surface area contributed by atoms with Gasteiger partial charge in [0, 0.05) is 5.54 Å². The summed E-state index contributed by atoms with van der Waals surface area (Å²) in [5.41, 5.74) is 7.11. The molecule has 0 amide bonds. The first-order chi connectivity index (χ1) is 9.85. The van der Waals surface area contributed by atoms with E-state index in [1.807, 2.05) is 0 Å². The molecule has 0 saturated carbocycles. The van der Waals surface area contributed by atoms with Crippen LogP contribution in [0.2, 0.25) is 0 Å². The number of hydrogen-bond acceptors (Lipinski definition) is 1. The second-order valence-corrected chi connectivity index (χ2v) is 7.86. The van der Waals surface area contributed by atoms with Crippen molar-refractivity contribution in [2.75, 3.05) is 0 Å². The molecule has 0 bridgehead atoms. The summed E-state index contributed by atoms with van der Waals surface area (Å²) in [7, 11) is 0. The van der Waals surface area contributed by atoms with Crippen molar-refractivity contribution in [1.29, 1.82) is 0 Å². The smallest absolute Gasteiger partial charge is 0.0151 e. The average molecular weight is 298 g/mol. The second kappa shape index (κ2) is 10.6. The van der Waals surface area contributed by atoms with Crippen LogP contribution in [0.5, 0.6) is 0 Å². The Morgan fingerprint density at radius 2 is 1.43 bits per heavy atom. The summed E-state index contributed by atoms with van der Waals surface area (Å²) in [5, 5.41) is 0. The van der Waals surface area contributed by atoms with Crippen LogP contribution in [-0.2, 0) is 0 Å². The standard InChI is InChI=1S/C20H43N/c1-7-11-12-13-16-19(5,9-3)17-15-18(14-8-2)20(6,21)10-4/h18H,7-17,21H2,1-6H3. The third-order valence-corrected chi connectivity index (χ3v) is 5.92. The lowest BCUT2D eigenvalue weighted by molar-refractivity contribution is 0.182. The van der Waals surface area contributed by atoms with Gasteiger partial charge in [-0.15, -0.1) is 0 Å². The molecule has 0 saturated heterocycles. The van der Waals surface area contributed by atoms with Crippen molar-refractivity contribution in [2.45, 2.75) is 118 Å². The number of rotatable bonds is 13. The van der Waals surface area contributed by atoms with Gasteiger partial charge >= 0.3 is 0 Å². The molecule has 1 nitrogen and oxygen atoms in total. The summed E-state index contributed by atoms with van der Waals surface area (Å²) in [5.74, 6) is 0.689. The zero-order chi connectivity index (χ0) is 16.4. The molecular weight excluding hydrogens is 254 g/mol. The Morgan fingerprint density at radius 1 is 0.762 bits per heavy atom. The van der Waals surface area contributed by atoms with E-state index >= 15 is 0 Å². The quantitative estimate of drug-likeness (QED) is 0.376. The van der Waals surface area contributed by atoms with Gasteiger partial charge in [-0.05, 0) is 50.4 Å². The predicted octanol–water partition coefficient (Wildman–Crippen LogP) is 6.70. The minimum atomic E-state index is 0.0207. The number of nitrogens with two attached hydrogens (primary N) is 1. The maximum atomic E-state index is 6.56. The van der Waals surface area contributed by atoms with Crippen LogP contribution < -0.4 is 5.73 Å². The topological polar surface area (TPSA) is 26.0 Å². The summed E-state index contributed by atoms with van der Waals surface area (Å²) in [6, 6.07) is 0. The highest BCUT2D eigenvalue weighted by Gasteiger charge is 2.30. The van der Waals surface area contributed by atoms with E-state index in [1.165, 1.54) is 64.2 Å². The van der Waals surface area contributed by atoms with E-state index in [-0.39, 0.29) is 5.54 Å². The Bertz CT molecular complexity index is 246. The van der Waals surface area contributed by atoms with Gasteiger partial charge in [-0.3, -0.25) is 0 Å². The van der Waals surface area contributed by atoms with Gasteiger partial charge in [-0.25, -0.2) is 0 Å². The summed E-state index contributed by atoms with van der Waals surface area (Å²) < 4.78 is 0. The van der Waals surface area contributed by atoms with Gasteiger partial charge in [-0.2, -0.15) is 0 Å². The lowest BCUT2D eigenvalue weighted by Gasteiger charge is -2.37. The zero-order valence-corrected chi connectivity index (χ0v) is 15.9. The van der Waals surface area contributed by atoms with Crippen LogP contribution in [0, 0.1) is 11.3 Å². The Hall–Kier alpha value is -0.0400. The molecule has 3 atom stereocenters. The molecule has 2 N–H and O–H groups in total. The molecule has 0 radical (unpaired) electrons. The molecule has 0 aliphatic rings. The molecule has 0 spiro atoms. The Balaban J connectivity index is 4.43. The molecule has 0 rings (SSSR count). The molecule has 0 aromatic carbocycles. The first-order valence-corrected chi connectivity index (χ1v) is 9.64. The lowest BCUT2D eigenvalue weighted by Crippen LogP contribution is -2.44. The molecule has 0 fully saturated rings. The Morgan fingerprint density at radius 3 is 1.90 bits per heavy atom. The highest BCUT2D eigenvalue weighted by molar-refractivity contribution is 4.87. The van der Waals surface area contributed by atoms with Crippen LogP contribution in [0.15, 0.2) is 0 Å². The van der Waals surface area contributed by atoms with E-state index in [0.717, 1.165) is 6.42 Å². The normalized spacial score (nSPS) is 19.0. The van der Waals surface area contributed by atoms with E-state index in [4.69, 9.17) is 5.73 Å². The minimum Gasteiger partial charge on any atom is -0.325 e. The summed E-state index contributed by atoms with van der Waals surface area (Å²) in [6.07, 6.45) is 14.6. The fourth-order valence-electron chi connectivity index (χ4n) is 3.42. The molecular formula is C20H43N. The molecule has 0 heterocycles. The SMILES string of the molecule is CCCCCCC(C)(CC)CCC(CCC)C(C)(N)CC. The van der Waals surface area contributed by atoms with E-state index < -0.39 is 0 Å². The van der Waals surface area contributed by atoms with Crippen molar-refractivity contribution < 1.29 is 0 Å². The van der Waals surface area contributed by atoms with Gasteiger partial charge in [0.25, 0.3) is 0 Å². The molecule has 1 heteroatoms. The first kappa shape index (κ1) is 21.0. The fourth-order valence-corrected chi connectivity index (χ4v) is 3.42. The van der Waals surface area contributed by atoms with Crippen LogP contribution in [0.3, 0.4) is 0 Å². The maximum Gasteiger partial charge on any atom is 0.0151 e. The van der Waals surface area contributed by atoms with E-state index in [0.29, 0.717) is 11.3 Å². The molecule has 3 unspecified atom stereocenters. The van der Waals surface area contributed by atoms with Crippen molar-refractivity contribution in [2.24, 2.45) is 17.1 Å². The van der Waals surface area contributed by atoms with Crippen LogP contribution in [0.4, 0.5) is 0 Å². The average Bonchev–Trinajstić information content (AvgIpc) is 2.47. The largest absolute Gasteiger partial charge is 0.325 e. The van der Waals surface area contributed by atoms with Gasteiger partial charge in [0.2, 0.25) is 0 Å². The van der Waals surface area contributed by atoms with E-state index in [2.05, 4.69) is 41.5 Å². The third-order valence-electron chi connectivity index (χ3n) is 5.92. The molecule has 0 aliphatic heterocycles. The lowest BCUT2D eigenvalue weighted by atomic mass is 9.72. The molecule has 21 heavy (non-hydrogen) atoms. The van der Waals surface area contributed by atoms with E-state index in [1.54, 1.807) is 0 Å². The Labute approximate surface area is 135 Å². The fraction of sp³-hybridized carbons (Fsp3) is 1.00. The molecule has 128 valence electrons. The highest BCUT2D eigenvalue weighted by Crippen LogP contribution is 2.38. The monoisotopic (exact) mass is 297 g/mol. The van der Waals surface area contributed by atoms with Crippen molar-refractivity contribution in [3.05, 3.63) is 0 Å².